The van der Waals surface area contributed by atoms with E-state index in [1.54, 1.807) is 11.0 Å². The van der Waals surface area contributed by atoms with E-state index in [0.717, 1.165) is 0 Å². The third kappa shape index (κ3) is 2.88. The lowest BCUT2D eigenvalue weighted by atomic mass is 10.2. The molecule has 1 aromatic carbocycles. The molecule has 0 bridgehead atoms. The van der Waals surface area contributed by atoms with Gasteiger partial charge in [-0.15, -0.1) is 0 Å². The van der Waals surface area contributed by atoms with Crippen molar-refractivity contribution >= 4 is 40.5 Å². The Morgan fingerprint density at radius 3 is 2.80 bits per heavy atom. The van der Waals surface area contributed by atoms with E-state index in [1.807, 2.05) is 13.8 Å². The van der Waals surface area contributed by atoms with Gasteiger partial charge in [0.05, 0.1) is 9.93 Å². The van der Waals surface area contributed by atoms with E-state index < -0.39 is 5.82 Å². The van der Waals surface area contributed by atoms with Crippen LogP contribution in [0.2, 0.25) is 5.02 Å². The second-order valence-corrected chi connectivity index (χ2v) is 5.47. The molecular formula is C14H14ClFN2OS. The highest BCUT2D eigenvalue weighted by molar-refractivity contribution is 8.18. The number of benzene rings is 1. The molecule has 0 spiro atoms. The Labute approximate surface area is 126 Å². The van der Waals surface area contributed by atoms with Crippen LogP contribution in [0, 0.1) is 5.82 Å². The molecule has 0 atom stereocenters. The summed E-state index contributed by atoms with van der Waals surface area (Å²) < 4.78 is 13.8. The Morgan fingerprint density at radius 2 is 2.20 bits per heavy atom. The minimum absolute atomic E-state index is 0.163. The second kappa shape index (κ2) is 6.41. The fourth-order valence-corrected chi connectivity index (χ4v) is 3.12. The van der Waals surface area contributed by atoms with Crippen molar-refractivity contribution in [2.45, 2.75) is 13.8 Å². The number of carbonyl (C=O) groups is 1. The van der Waals surface area contributed by atoms with Crippen LogP contribution in [-0.4, -0.2) is 29.1 Å². The lowest BCUT2D eigenvalue weighted by Crippen LogP contribution is -2.28. The number of nitrogens with zero attached hydrogens (tertiary/aromatic N) is 2. The van der Waals surface area contributed by atoms with Crippen molar-refractivity contribution in [2.24, 2.45) is 4.99 Å². The van der Waals surface area contributed by atoms with Crippen molar-refractivity contribution in [3.05, 3.63) is 39.5 Å². The number of amidine groups is 1. The first-order valence-electron chi connectivity index (χ1n) is 6.28. The summed E-state index contributed by atoms with van der Waals surface area (Å²) in [4.78, 5) is 18.5. The molecule has 1 aliphatic heterocycles. The first-order chi connectivity index (χ1) is 9.58. The van der Waals surface area contributed by atoms with Crippen molar-refractivity contribution in [1.29, 1.82) is 0 Å². The lowest BCUT2D eigenvalue weighted by molar-refractivity contribution is -0.122. The van der Waals surface area contributed by atoms with Crippen molar-refractivity contribution in [3.8, 4) is 0 Å². The Morgan fingerprint density at radius 1 is 1.45 bits per heavy atom. The molecule has 0 unspecified atom stereocenters. The summed E-state index contributed by atoms with van der Waals surface area (Å²) in [7, 11) is 0. The Bertz CT molecular complexity index is 581. The van der Waals surface area contributed by atoms with Gasteiger partial charge in [-0.3, -0.25) is 14.7 Å². The van der Waals surface area contributed by atoms with Gasteiger partial charge in [-0.1, -0.05) is 17.7 Å². The molecule has 1 heterocycles. The summed E-state index contributed by atoms with van der Waals surface area (Å²) in [6.45, 7) is 4.91. The van der Waals surface area contributed by atoms with Crippen LogP contribution in [0.5, 0.6) is 0 Å². The van der Waals surface area contributed by atoms with Crippen molar-refractivity contribution in [1.82, 2.24) is 4.90 Å². The van der Waals surface area contributed by atoms with Gasteiger partial charge in [0.1, 0.15) is 5.82 Å². The highest BCUT2D eigenvalue weighted by Gasteiger charge is 2.32. The molecule has 1 saturated heterocycles. The summed E-state index contributed by atoms with van der Waals surface area (Å²) in [6.07, 6.45) is 1.49. The third-order valence-corrected chi connectivity index (χ3v) is 4.15. The van der Waals surface area contributed by atoms with Gasteiger partial charge in [0, 0.05) is 18.7 Å². The van der Waals surface area contributed by atoms with Crippen LogP contribution in [0.1, 0.15) is 19.4 Å². The van der Waals surface area contributed by atoms with E-state index in [0.29, 0.717) is 23.2 Å². The molecular weight excluding hydrogens is 299 g/mol. The fourth-order valence-electron chi connectivity index (χ4n) is 1.82. The monoisotopic (exact) mass is 312 g/mol. The first-order valence-corrected chi connectivity index (χ1v) is 7.47. The molecule has 20 heavy (non-hydrogen) atoms. The second-order valence-electron chi connectivity index (χ2n) is 4.05. The van der Waals surface area contributed by atoms with Gasteiger partial charge < -0.3 is 0 Å². The number of aliphatic imine (C=N–C) groups is 1. The van der Waals surface area contributed by atoms with Gasteiger partial charge in [-0.2, -0.15) is 0 Å². The molecule has 1 fully saturated rings. The van der Waals surface area contributed by atoms with E-state index in [1.165, 1.54) is 30.0 Å². The van der Waals surface area contributed by atoms with E-state index >= 15 is 0 Å². The molecule has 0 N–H and O–H groups in total. The summed E-state index contributed by atoms with van der Waals surface area (Å²) in [5.41, 5.74) is 0.235. The number of halogens is 2. The summed E-state index contributed by atoms with van der Waals surface area (Å²) in [5.74, 6) is -0.605. The summed E-state index contributed by atoms with van der Waals surface area (Å²) in [5, 5.41) is 0.938. The zero-order chi connectivity index (χ0) is 14.7. The van der Waals surface area contributed by atoms with Gasteiger partial charge in [-0.25, -0.2) is 4.39 Å². The molecule has 3 nitrogen and oxygen atoms in total. The van der Waals surface area contributed by atoms with Crippen LogP contribution in [-0.2, 0) is 4.79 Å². The molecule has 0 aliphatic carbocycles. The standard InChI is InChI=1S/C14H14ClFN2OS/c1-3-17-14-18(4-2)13(19)12(20-14)8-9-10(15)6-5-7-11(9)16/h5-8H,3-4H2,1-2H3/b12-8-,17-14?. The van der Waals surface area contributed by atoms with Gasteiger partial charge >= 0.3 is 0 Å². The van der Waals surface area contributed by atoms with Crippen LogP contribution >= 0.6 is 23.4 Å². The lowest BCUT2D eigenvalue weighted by Gasteiger charge is -2.11. The maximum atomic E-state index is 13.8. The average Bonchev–Trinajstić information content (AvgIpc) is 2.70. The summed E-state index contributed by atoms with van der Waals surface area (Å²) >= 11 is 7.22. The molecule has 1 aromatic rings. The minimum atomic E-state index is -0.442. The predicted octanol–water partition coefficient (Wildman–Crippen LogP) is 3.79. The molecule has 1 aliphatic rings. The Hall–Kier alpha value is -1.33. The Kier molecular flexibility index (Phi) is 4.83. The van der Waals surface area contributed by atoms with Crippen LogP contribution < -0.4 is 0 Å². The van der Waals surface area contributed by atoms with Crippen molar-refractivity contribution in [2.75, 3.05) is 13.1 Å². The van der Waals surface area contributed by atoms with Crippen molar-refractivity contribution in [3.63, 3.8) is 0 Å². The number of thioether (sulfide) groups is 1. The number of hydrogen-bond donors (Lipinski definition) is 0. The maximum Gasteiger partial charge on any atom is 0.266 e. The zero-order valence-corrected chi connectivity index (χ0v) is 12.8. The van der Waals surface area contributed by atoms with Crippen LogP contribution in [0.3, 0.4) is 0 Å². The minimum Gasteiger partial charge on any atom is -0.287 e. The van der Waals surface area contributed by atoms with E-state index in [9.17, 15) is 9.18 Å². The molecule has 106 valence electrons. The molecule has 2 rings (SSSR count). The molecule has 0 radical (unpaired) electrons. The quantitative estimate of drug-likeness (QED) is 0.795. The normalized spacial score (nSPS) is 19.4. The largest absolute Gasteiger partial charge is 0.287 e. The Balaban J connectivity index is 2.41. The van der Waals surface area contributed by atoms with Gasteiger partial charge in [0.2, 0.25) is 0 Å². The topological polar surface area (TPSA) is 32.7 Å². The highest BCUT2D eigenvalue weighted by atomic mass is 35.5. The molecule has 1 amide bonds. The molecule has 0 saturated carbocycles. The van der Waals surface area contributed by atoms with Crippen LogP contribution in [0.4, 0.5) is 4.39 Å². The number of carbonyl (C=O) groups excluding carboxylic acids is 1. The number of rotatable bonds is 3. The van der Waals surface area contributed by atoms with Crippen LogP contribution in [0.25, 0.3) is 6.08 Å². The molecule has 0 aromatic heterocycles. The first kappa shape index (κ1) is 15.1. The highest BCUT2D eigenvalue weighted by Crippen LogP contribution is 2.34. The van der Waals surface area contributed by atoms with E-state index in [-0.39, 0.29) is 16.5 Å². The SMILES string of the molecule is CCN=C1S/C(=C\c2c(F)cccc2Cl)C(=O)N1CC. The maximum absolute atomic E-state index is 13.8. The van der Waals surface area contributed by atoms with Crippen LogP contribution in [0.15, 0.2) is 28.1 Å². The average molecular weight is 313 g/mol. The van der Waals surface area contributed by atoms with Gasteiger partial charge in [-0.05, 0) is 43.8 Å². The van der Waals surface area contributed by atoms with E-state index in [2.05, 4.69) is 4.99 Å². The summed E-state index contributed by atoms with van der Waals surface area (Å²) in [6, 6.07) is 4.45. The van der Waals surface area contributed by atoms with Gasteiger partial charge in [0.15, 0.2) is 5.17 Å². The molecule has 6 heteroatoms. The van der Waals surface area contributed by atoms with Gasteiger partial charge in [0.25, 0.3) is 5.91 Å². The smallest absolute Gasteiger partial charge is 0.266 e. The third-order valence-electron chi connectivity index (χ3n) is 2.77. The zero-order valence-electron chi connectivity index (χ0n) is 11.2. The van der Waals surface area contributed by atoms with Crippen molar-refractivity contribution < 1.29 is 9.18 Å². The predicted molar refractivity (Wildman–Crippen MR) is 82.3 cm³/mol. The number of likely N-dealkylation sites (N-methyl/N-ethyl adjacent to an activating group) is 1. The fraction of sp³-hybridized carbons (Fsp3) is 0.286. The number of amides is 1. The van der Waals surface area contributed by atoms with E-state index in [4.69, 9.17) is 11.6 Å². The number of hydrogen-bond acceptors (Lipinski definition) is 3.